The van der Waals surface area contributed by atoms with Crippen LogP contribution in [-0.4, -0.2) is 31.3 Å². The predicted octanol–water partition coefficient (Wildman–Crippen LogP) is 2.63. The molecule has 0 saturated carbocycles. The molecule has 0 aliphatic carbocycles. The second kappa shape index (κ2) is 7.87. The van der Waals surface area contributed by atoms with Crippen LogP contribution in [0.15, 0.2) is 54.6 Å². The van der Waals surface area contributed by atoms with Gasteiger partial charge in [-0.15, -0.1) is 0 Å². The molecular weight excluding hydrogens is 294 g/mol. The van der Waals surface area contributed by atoms with E-state index in [-0.39, 0.29) is 11.9 Å². The van der Waals surface area contributed by atoms with Crippen molar-refractivity contribution in [3.63, 3.8) is 0 Å². The summed E-state index contributed by atoms with van der Waals surface area (Å²) in [6.07, 6.45) is 0. The Labute approximate surface area is 136 Å². The minimum atomic E-state index is -0.0478. The first kappa shape index (κ1) is 16.4. The number of carbonyl (C=O) groups excluding carboxylic acids is 1. The fourth-order valence-corrected chi connectivity index (χ4v) is 2.17. The molecule has 0 saturated heterocycles. The van der Waals surface area contributed by atoms with Gasteiger partial charge < -0.3 is 16.0 Å². The Balaban J connectivity index is 2.10. The van der Waals surface area contributed by atoms with E-state index in [4.69, 9.17) is 5.73 Å². The third kappa shape index (κ3) is 4.26. The van der Waals surface area contributed by atoms with Crippen molar-refractivity contribution in [2.45, 2.75) is 6.04 Å². The molecule has 3 N–H and O–H groups in total. The van der Waals surface area contributed by atoms with Crippen LogP contribution in [0, 0.1) is 0 Å². The summed E-state index contributed by atoms with van der Waals surface area (Å²) in [5, 5.41) is 3.22. The zero-order chi connectivity index (χ0) is 15.9. The summed E-state index contributed by atoms with van der Waals surface area (Å²) >= 11 is 4.16. The zero-order valence-corrected chi connectivity index (χ0v) is 13.5. The van der Waals surface area contributed by atoms with Gasteiger partial charge in [0, 0.05) is 42.3 Å². The van der Waals surface area contributed by atoms with Gasteiger partial charge in [0.15, 0.2) is 0 Å². The average molecular weight is 315 g/mol. The molecule has 0 aliphatic heterocycles. The van der Waals surface area contributed by atoms with E-state index in [2.05, 4.69) is 17.9 Å². The highest BCUT2D eigenvalue weighted by Crippen LogP contribution is 2.17. The van der Waals surface area contributed by atoms with Crippen LogP contribution in [0.25, 0.3) is 0 Å². The molecule has 0 spiro atoms. The Morgan fingerprint density at radius 2 is 1.95 bits per heavy atom. The lowest BCUT2D eigenvalue weighted by Crippen LogP contribution is -2.30. The fourth-order valence-electron chi connectivity index (χ4n) is 2.04. The Bertz CT molecular complexity index is 618. The molecule has 0 radical (unpaired) electrons. The molecule has 1 unspecified atom stereocenters. The number of nitrogens with one attached hydrogen (secondary N) is 1. The number of anilines is 2. The topological polar surface area (TPSA) is 58.4 Å². The van der Waals surface area contributed by atoms with Crippen molar-refractivity contribution in [2.75, 3.05) is 29.6 Å². The molecular formula is C17H21N3OS. The molecule has 0 aromatic heterocycles. The van der Waals surface area contributed by atoms with E-state index >= 15 is 0 Å². The van der Waals surface area contributed by atoms with Crippen LogP contribution in [0.1, 0.15) is 10.4 Å². The van der Waals surface area contributed by atoms with E-state index in [1.807, 2.05) is 54.6 Å². The van der Waals surface area contributed by atoms with E-state index < -0.39 is 0 Å². The Hall–Kier alpha value is -1.98. The first-order valence-corrected chi connectivity index (χ1v) is 7.78. The van der Waals surface area contributed by atoms with E-state index in [0.717, 1.165) is 11.4 Å². The molecule has 22 heavy (non-hydrogen) atoms. The number of carbonyl (C=O) groups is 1. The van der Waals surface area contributed by atoms with Crippen LogP contribution in [0.3, 0.4) is 0 Å². The summed E-state index contributed by atoms with van der Waals surface area (Å²) in [6, 6.07) is 17.0. The molecule has 0 aliphatic rings. The molecule has 1 atom stereocenters. The third-order valence-electron chi connectivity index (χ3n) is 3.36. The van der Waals surface area contributed by atoms with Gasteiger partial charge in [0.2, 0.25) is 0 Å². The van der Waals surface area contributed by atoms with Crippen molar-refractivity contribution in [3.8, 4) is 0 Å². The number of hydrogen-bond donors (Lipinski definition) is 3. The van der Waals surface area contributed by atoms with Gasteiger partial charge in [-0.1, -0.05) is 24.3 Å². The monoisotopic (exact) mass is 315 g/mol. The lowest BCUT2D eigenvalue weighted by atomic mass is 10.1. The largest absolute Gasteiger partial charge is 0.383 e. The summed E-state index contributed by atoms with van der Waals surface area (Å²) in [5.41, 5.74) is 8.21. The second-order valence-corrected chi connectivity index (χ2v) is 5.47. The van der Waals surface area contributed by atoms with Crippen molar-refractivity contribution < 1.29 is 4.79 Å². The summed E-state index contributed by atoms with van der Waals surface area (Å²) < 4.78 is 0. The molecule has 4 nitrogen and oxygen atoms in total. The SMILES string of the molecule is CN(C(=O)c1cccc(NCC(N)CS)c1)c1ccccc1. The second-order valence-electron chi connectivity index (χ2n) is 5.10. The zero-order valence-electron chi connectivity index (χ0n) is 12.6. The van der Waals surface area contributed by atoms with Crippen LogP contribution >= 0.6 is 12.6 Å². The van der Waals surface area contributed by atoms with Crippen molar-refractivity contribution in [2.24, 2.45) is 5.73 Å². The number of hydrogen-bond acceptors (Lipinski definition) is 4. The lowest BCUT2D eigenvalue weighted by molar-refractivity contribution is 0.0993. The molecule has 2 aromatic rings. The van der Waals surface area contributed by atoms with E-state index in [0.29, 0.717) is 17.9 Å². The van der Waals surface area contributed by atoms with Gasteiger partial charge in [-0.2, -0.15) is 12.6 Å². The van der Waals surface area contributed by atoms with Crippen molar-refractivity contribution >= 4 is 29.9 Å². The molecule has 1 amide bonds. The minimum Gasteiger partial charge on any atom is -0.383 e. The molecule has 2 aromatic carbocycles. The minimum absolute atomic E-state index is 0.0188. The highest BCUT2D eigenvalue weighted by atomic mass is 32.1. The standard InChI is InChI=1S/C17H21N3OS/c1-20(16-8-3-2-4-9-16)17(21)13-6-5-7-15(10-13)19-11-14(18)12-22/h2-10,14,19,22H,11-12,18H2,1H3. The van der Waals surface area contributed by atoms with E-state index in [9.17, 15) is 4.79 Å². The van der Waals surface area contributed by atoms with Gasteiger partial charge in [0.05, 0.1) is 0 Å². The van der Waals surface area contributed by atoms with Gasteiger partial charge in [-0.25, -0.2) is 0 Å². The van der Waals surface area contributed by atoms with Crippen molar-refractivity contribution in [3.05, 3.63) is 60.2 Å². The number of nitrogens with zero attached hydrogens (tertiary/aromatic N) is 1. The number of amides is 1. The van der Waals surface area contributed by atoms with Crippen LogP contribution in [0.5, 0.6) is 0 Å². The fraction of sp³-hybridized carbons (Fsp3) is 0.235. The van der Waals surface area contributed by atoms with Crippen molar-refractivity contribution in [1.29, 1.82) is 0 Å². The van der Waals surface area contributed by atoms with Gasteiger partial charge in [-0.05, 0) is 30.3 Å². The Kier molecular flexibility index (Phi) is 5.86. The number of thiol groups is 1. The van der Waals surface area contributed by atoms with Gasteiger partial charge >= 0.3 is 0 Å². The van der Waals surface area contributed by atoms with Gasteiger partial charge in [0.1, 0.15) is 0 Å². The summed E-state index contributed by atoms with van der Waals surface area (Å²) in [7, 11) is 1.77. The van der Waals surface area contributed by atoms with Crippen LogP contribution < -0.4 is 16.0 Å². The molecule has 116 valence electrons. The number of benzene rings is 2. The van der Waals surface area contributed by atoms with E-state index in [1.54, 1.807) is 11.9 Å². The number of rotatable bonds is 6. The lowest BCUT2D eigenvalue weighted by Gasteiger charge is -2.18. The maximum Gasteiger partial charge on any atom is 0.258 e. The number of para-hydroxylation sites is 1. The third-order valence-corrected chi connectivity index (χ3v) is 3.83. The van der Waals surface area contributed by atoms with Crippen LogP contribution in [-0.2, 0) is 0 Å². The highest BCUT2D eigenvalue weighted by Gasteiger charge is 2.13. The quantitative estimate of drug-likeness (QED) is 0.718. The summed E-state index contributed by atoms with van der Waals surface area (Å²) in [5.74, 6) is 0.566. The van der Waals surface area contributed by atoms with Crippen molar-refractivity contribution in [1.82, 2.24) is 0 Å². The summed E-state index contributed by atoms with van der Waals surface area (Å²) in [6.45, 7) is 0.621. The smallest absolute Gasteiger partial charge is 0.258 e. The maximum absolute atomic E-state index is 12.6. The predicted molar refractivity (Wildman–Crippen MR) is 95.9 cm³/mol. The molecule has 0 bridgehead atoms. The molecule has 5 heteroatoms. The first-order chi connectivity index (χ1) is 10.6. The van der Waals surface area contributed by atoms with E-state index in [1.165, 1.54) is 0 Å². The van der Waals surface area contributed by atoms with Gasteiger partial charge in [0.25, 0.3) is 5.91 Å². The summed E-state index contributed by atoms with van der Waals surface area (Å²) in [4.78, 5) is 14.2. The number of nitrogens with two attached hydrogens (primary N) is 1. The first-order valence-electron chi connectivity index (χ1n) is 7.15. The van der Waals surface area contributed by atoms with Crippen LogP contribution in [0.4, 0.5) is 11.4 Å². The van der Waals surface area contributed by atoms with Crippen LogP contribution in [0.2, 0.25) is 0 Å². The maximum atomic E-state index is 12.6. The normalized spacial score (nSPS) is 11.8. The molecule has 0 heterocycles. The molecule has 2 rings (SSSR count). The average Bonchev–Trinajstić information content (AvgIpc) is 2.59. The van der Waals surface area contributed by atoms with Gasteiger partial charge in [-0.3, -0.25) is 4.79 Å². The Morgan fingerprint density at radius 1 is 1.23 bits per heavy atom. The molecule has 0 fully saturated rings. The highest BCUT2D eigenvalue weighted by molar-refractivity contribution is 7.80. The Morgan fingerprint density at radius 3 is 2.64 bits per heavy atom.